The summed E-state index contributed by atoms with van der Waals surface area (Å²) in [5.41, 5.74) is 0. The number of nitrogens with zero attached hydrogens (tertiary/aromatic N) is 1. The summed E-state index contributed by atoms with van der Waals surface area (Å²) >= 11 is 0. The number of rotatable bonds is 4. The average molecular weight is 239 g/mol. The molecule has 2 rings (SSSR count). The lowest BCUT2D eigenvalue weighted by atomic mass is 9.81. The normalized spacial score (nSPS) is 29.8. The lowest BCUT2D eigenvalue weighted by Crippen LogP contribution is -2.39. The lowest BCUT2D eigenvalue weighted by molar-refractivity contribution is -0.136. The highest BCUT2D eigenvalue weighted by atomic mass is 16.3. The van der Waals surface area contributed by atoms with Gasteiger partial charge in [-0.3, -0.25) is 4.79 Å². The molecule has 2 saturated carbocycles. The van der Waals surface area contributed by atoms with Crippen LogP contribution in [0.2, 0.25) is 0 Å². The molecule has 0 unspecified atom stereocenters. The molecule has 3 nitrogen and oxygen atoms in total. The van der Waals surface area contributed by atoms with Crippen molar-refractivity contribution < 1.29 is 9.90 Å². The van der Waals surface area contributed by atoms with Crippen LogP contribution in [0.1, 0.15) is 44.9 Å². The minimum Gasteiger partial charge on any atom is -0.396 e. The van der Waals surface area contributed by atoms with Gasteiger partial charge in [0.05, 0.1) is 0 Å². The molecule has 0 heterocycles. The highest BCUT2D eigenvalue weighted by molar-refractivity contribution is 5.78. The van der Waals surface area contributed by atoms with E-state index in [1.807, 2.05) is 11.9 Å². The monoisotopic (exact) mass is 239 g/mol. The maximum Gasteiger partial charge on any atom is 0.225 e. The van der Waals surface area contributed by atoms with Gasteiger partial charge in [0.1, 0.15) is 0 Å². The van der Waals surface area contributed by atoms with Crippen molar-refractivity contribution in [1.82, 2.24) is 4.90 Å². The maximum absolute atomic E-state index is 12.2. The van der Waals surface area contributed by atoms with Crippen LogP contribution in [0.25, 0.3) is 0 Å². The Labute approximate surface area is 104 Å². The Balaban J connectivity index is 1.75. The standard InChI is InChI=1S/C14H25NO2/c1-15(9-11-3-2-4-11)14(17)13-7-5-12(10-16)6-8-13/h11-13,16H,2-10H2,1H3. The van der Waals surface area contributed by atoms with E-state index in [-0.39, 0.29) is 5.92 Å². The molecule has 0 aromatic carbocycles. The van der Waals surface area contributed by atoms with Crippen LogP contribution in [0.4, 0.5) is 0 Å². The Morgan fingerprint density at radius 3 is 2.24 bits per heavy atom. The molecule has 98 valence electrons. The molecule has 0 bridgehead atoms. The zero-order valence-electron chi connectivity index (χ0n) is 10.9. The molecule has 0 aromatic heterocycles. The molecule has 0 spiro atoms. The second-order valence-corrected chi connectivity index (χ2v) is 5.92. The summed E-state index contributed by atoms with van der Waals surface area (Å²) in [4.78, 5) is 14.2. The van der Waals surface area contributed by atoms with Gasteiger partial charge in [-0.2, -0.15) is 0 Å². The number of carbonyl (C=O) groups is 1. The Morgan fingerprint density at radius 1 is 1.12 bits per heavy atom. The molecule has 0 atom stereocenters. The number of hydrogen-bond acceptors (Lipinski definition) is 2. The third-order valence-corrected chi connectivity index (χ3v) is 4.59. The molecular weight excluding hydrogens is 214 g/mol. The zero-order valence-corrected chi connectivity index (χ0v) is 10.9. The van der Waals surface area contributed by atoms with E-state index in [1.54, 1.807) is 0 Å². The first-order valence-corrected chi connectivity index (χ1v) is 7.06. The quantitative estimate of drug-likeness (QED) is 0.815. The minimum absolute atomic E-state index is 0.225. The van der Waals surface area contributed by atoms with E-state index in [1.165, 1.54) is 19.3 Å². The first kappa shape index (κ1) is 12.9. The van der Waals surface area contributed by atoms with Crippen LogP contribution in [-0.2, 0) is 4.79 Å². The van der Waals surface area contributed by atoms with Crippen LogP contribution >= 0.6 is 0 Å². The predicted octanol–water partition coefficient (Wildman–Crippen LogP) is 2.04. The van der Waals surface area contributed by atoms with Crippen molar-refractivity contribution in [1.29, 1.82) is 0 Å². The van der Waals surface area contributed by atoms with Crippen molar-refractivity contribution in [3.8, 4) is 0 Å². The van der Waals surface area contributed by atoms with Gasteiger partial charge < -0.3 is 10.0 Å². The fourth-order valence-electron chi connectivity index (χ4n) is 3.06. The maximum atomic E-state index is 12.2. The molecule has 1 amide bonds. The summed E-state index contributed by atoms with van der Waals surface area (Å²) in [6.45, 7) is 1.25. The zero-order chi connectivity index (χ0) is 12.3. The Morgan fingerprint density at radius 2 is 1.76 bits per heavy atom. The van der Waals surface area contributed by atoms with E-state index in [9.17, 15) is 4.79 Å². The molecule has 2 aliphatic carbocycles. The number of hydrogen-bond donors (Lipinski definition) is 1. The highest BCUT2D eigenvalue weighted by Crippen LogP contribution is 2.31. The molecule has 2 aliphatic rings. The van der Waals surface area contributed by atoms with Crippen LogP contribution < -0.4 is 0 Å². The molecule has 1 N–H and O–H groups in total. The highest BCUT2D eigenvalue weighted by Gasteiger charge is 2.29. The van der Waals surface area contributed by atoms with Gasteiger partial charge >= 0.3 is 0 Å². The van der Waals surface area contributed by atoms with Gasteiger partial charge in [0, 0.05) is 26.1 Å². The van der Waals surface area contributed by atoms with E-state index in [4.69, 9.17) is 5.11 Å². The fraction of sp³-hybridized carbons (Fsp3) is 0.929. The molecule has 0 aliphatic heterocycles. The molecular formula is C14H25NO2. The van der Waals surface area contributed by atoms with E-state index in [0.29, 0.717) is 18.4 Å². The first-order valence-electron chi connectivity index (χ1n) is 7.06. The first-order chi connectivity index (χ1) is 8.20. The van der Waals surface area contributed by atoms with Gasteiger partial charge in [-0.05, 0) is 50.4 Å². The summed E-state index contributed by atoms with van der Waals surface area (Å²) in [7, 11) is 1.96. The van der Waals surface area contributed by atoms with E-state index in [2.05, 4.69) is 0 Å². The number of carbonyl (C=O) groups excluding carboxylic acids is 1. The Hall–Kier alpha value is -0.570. The number of amides is 1. The van der Waals surface area contributed by atoms with Gasteiger partial charge in [0.25, 0.3) is 0 Å². The van der Waals surface area contributed by atoms with Gasteiger partial charge in [0.2, 0.25) is 5.91 Å². The summed E-state index contributed by atoms with van der Waals surface area (Å²) in [6.07, 6.45) is 7.92. The predicted molar refractivity (Wildman–Crippen MR) is 67.5 cm³/mol. The smallest absolute Gasteiger partial charge is 0.225 e. The topological polar surface area (TPSA) is 40.5 Å². The van der Waals surface area contributed by atoms with Crippen molar-refractivity contribution in [3.05, 3.63) is 0 Å². The van der Waals surface area contributed by atoms with Crippen molar-refractivity contribution in [2.24, 2.45) is 17.8 Å². The van der Waals surface area contributed by atoms with Crippen LogP contribution in [0.15, 0.2) is 0 Å². The summed E-state index contributed by atoms with van der Waals surface area (Å²) in [5.74, 6) is 1.77. The van der Waals surface area contributed by atoms with Crippen LogP contribution in [0.3, 0.4) is 0 Å². The van der Waals surface area contributed by atoms with Gasteiger partial charge in [0.15, 0.2) is 0 Å². The molecule has 3 heteroatoms. The SMILES string of the molecule is CN(CC1CCC1)C(=O)C1CCC(CO)CC1. The summed E-state index contributed by atoms with van der Waals surface area (Å²) < 4.78 is 0. The largest absolute Gasteiger partial charge is 0.396 e. The van der Waals surface area contributed by atoms with E-state index >= 15 is 0 Å². The summed E-state index contributed by atoms with van der Waals surface area (Å²) in [5, 5.41) is 9.09. The summed E-state index contributed by atoms with van der Waals surface area (Å²) in [6, 6.07) is 0. The third-order valence-electron chi connectivity index (χ3n) is 4.59. The number of aliphatic hydroxyl groups is 1. The molecule has 0 radical (unpaired) electrons. The Kier molecular flexibility index (Phi) is 4.43. The van der Waals surface area contributed by atoms with Crippen molar-refractivity contribution >= 4 is 5.91 Å². The van der Waals surface area contributed by atoms with Crippen LogP contribution in [0, 0.1) is 17.8 Å². The fourth-order valence-corrected chi connectivity index (χ4v) is 3.06. The molecule has 2 fully saturated rings. The van der Waals surface area contributed by atoms with Gasteiger partial charge in [-0.1, -0.05) is 6.42 Å². The molecule has 0 saturated heterocycles. The van der Waals surface area contributed by atoms with Crippen molar-refractivity contribution in [3.63, 3.8) is 0 Å². The molecule has 0 aromatic rings. The van der Waals surface area contributed by atoms with E-state index in [0.717, 1.165) is 38.1 Å². The van der Waals surface area contributed by atoms with Crippen molar-refractivity contribution in [2.75, 3.05) is 20.2 Å². The van der Waals surface area contributed by atoms with Gasteiger partial charge in [-0.15, -0.1) is 0 Å². The lowest BCUT2D eigenvalue weighted by Gasteiger charge is -2.34. The average Bonchev–Trinajstić information content (AvgIpc) is 2.32. The van der Waals surface area contributed by atoms with Gasteiger partial charge in [-0.25, -0.2) is 0 Å². The van der Waals surface area contributed by atoms with Crippen LogP contribution in [-0.4, -0.2) is 36.1 Å². The minimum atomic E-state index is 0.225. The second-order valence-electron chi connectivity index (χ2n) is 5.92. The second kappa shape index (κ2) is 5.85. The van der Waals surface area contributed by atoms with Crippen molar-refractivity contribution in [2.45, 2.75) is 44.9 Å². The van der Waals surface area contributed by atoms with Crippen LogP contribution in [0.5, 0.6) is 0 Å². The Bertz CT molecular complexity index is 255. The molecule has 17 heavy (non-hydrogen) atoms. The van der Waals surface area contributed by atoms with E-state index < -0.39 is 0 Å². The third kappa shape index (κ3) is 3.21. The number of aliphatic hydroxyl groups excluding tert-OH is 1.